The molecule has 5 rings (SSSR count). The van der Waals surface area contributed by atoms with Crippen molar-refractivity contribution in [3.8, 4) is 17.2 Å². The predicted octanol–water partition coefficient (Wildman–Crippen LogP) is 5.30. The molecule has 168 valence electrons. The van der Waals surface area contributed by atoms with Gasteiger partial charge in [-0.15, -0.1) is 0 Å². The summed E-state index contributed by atoms with van der Waals surface area (Å²) in [5, 5.41) is 4.98. The molecule has 3 aromatic rings. The summed E-state index contributed by atoms with van der Waals surface area (Å²) in [5.41, 5.74) is 3.69. The molecule has 32 heavy (non-hydrogen) atoms. The van der Waals surface area contributed by atoms with Crippen LogP contribution in [-0.4, -0.2) is 31.3 Å². The molecule has 2 aromatic carbocycles. The van der Waals surface area contributed by atoms with E-state index in [4.69, 9.17) is 14.2 Å². The quantitative estimate of drug-likeness (QED) is 0.549. The third-order valence-corrected chi connectivity index (χ3v) is 6.91. The molecule has 5 heteroatoms. The maximum absolute atomic E-state index is 5.71. The number of benzene rings is 2. The molecule has 1 fully saturated rings. The Balaban J connectivity index is 1.10. The molecule has 1 aliphatic carbocycles. The van der Waals surface area contributed by atoms with E-state index in [0.717, 1.165) is 41.6 Å². The van der Waals surface area contributed by atoms with Gasteiger partial charge in [0.2, 0.25) is 0 Å². The van der Waals surface area contributed by atoms with Gasteiger partial charge in [0.05, 0.1) is 12.6 Å². The van der Waals surface area contributed by atoms with Crippen molar-refractivity contribution >= 4 is 10.9 Å². The number of rotatable bonds is 7. The predicted molar refractivity (Wildman–Crippen MR) is 127 cm³/mol. The van der Waals surface area contributed by atoms with Crippen LogP contribution in [0, 0.1) is 5.92 Å². The summed E-state index contributed by atoms with van der Waals surface area (Å²) in [6.07, 6.45) is 9.37. The van der Waals surface area contributed by atoms with Crippen LogP contribution in [-0.2, 0) is 13.0 Å². The number of aryl methyl sites for hydroxylation is 1. The van der Waals surface area contributed by atoms with Crippen LogP contribution in [0.4, 0.5) is 0 Å². The van der Waals surface area contributed by atoms with E-state index >= 15 is 0 Å². The van der Waals surface area contributed by atoms with Gasteiger partial charge in [-0.1, -0.05) is 6.07 Å². The summed E-state index contributed by atoms with van der Waals surface area (Å²) in [4.78, 5) is 4.51. The number of fused-ring (bicyclic) bond motifs is 2. The van der Waals surface area contributed by atoms with E-state index in [1.165, 1.54) is 48.6 Å². The van der Waals surface area contributed by atoms with Gasteiger partial charge in [0.25, 0.3) is 0 Å². The van der Waals surface area contributed by atoms with Gasteiger partial charge in [0, 0.05) is 24.2 Å². The third-order valence-electron chi connectivity index (χ3n) is 6.91. The number of aromatic nitrogens is 1. The molecule has 0 atom stereocenters. The molecule has 0 bridgehead atoms. The van der Waals surface area contributed by atoms with E-state index in [1.807, 2.05) is 18.3 Å². The molecule has 0 spiro atoms. The van der Waals surface area contributed by atoms with E-state index in [-0.39, 0.29) is 0 Å². The Morgan fingerprint density at radius 3 is 2.66 bits per heavy atom. The Morgan fingerprint density at radius 1 is 0.969 bits per heavy atom. The highest BCUT2D eigenvalue weighted by molar-refractivity contribution is 5.83. The number of nitrogens with one attached hydrogen (secondary N) is 1. The first-order chi connectivity index (χ1) is 15.8. The maximum Gasteiger partial charge on any atom is 0.161 e. The Morgan fingerprint density at radius 2 is 1.81 bits per heavy atom. The molecule has 1 saturated carbocycles. The standard InChI is InChI=1S/C27H32N2O3/c1-30-23-9-10-25-24(17-23)21(12-13-28-25)6-2-19-3-7-22(8-4-19)29-18-20-5-11-26-27(16-20)32-15-14-31-26/h5,9-13,16-17,19,22,29H,2-4,6-8,14-15,18H2,1H3. The first-order valence-electron chi connectivity index (χ1n) is 11.8. The van der Waals surface area contributed by atoms with Gasteiger partial charge < -0.3 is 19.5 Å². The number of nitrogens with zero attached hydrogens (tertiary/aromatic N) is 1. The molecule has 0 unspecified atom stereocenters. The molecule has 1 aromatic heterocycles. The second-order valence-electron chi connectivity index (χ2n) is 8.97. The van der Waals surface area contributed by atoms with Gasteiger partial charge in [-0.25, -0.2) is 0 Å². The van der Waals surface area contributed by atoms with Crippen LogP contribution in [0.2, 0.25) is 0 Å². The zero-order valence-corrected chi connectivity index (χ0v) is 18.8. The average Bonchev–Trinajstić information content (AvgIpc) is 2.86. The lowest BCUT2D eigenvalue weighted by molar-refractivity contribution is 0.171. The molecule has 1 N–H and O–H groups in total. The molecule has 0 amide bonds. The molecule has 0 radical (unpaired) electrons. The highest BCUT2D eigenvalue weighted by Crippen LogP contribution is 2.32. The van der Waals surface area contributed by atoms with Crippen molar-refractivity contribution < 1.29 is 14.2 Å². The summed E-state index contributed by atoms with van der Waals surface area (Å²) in [7, 11) is 1.72. The molecule has 0 saturated heterocycles. The average molecular weight is 433 g/mol. The number of ether oxygens (including phenoxy) is 3. The Hall–Kier alpha value is -2.79. The van der Waals surface area contributed by atoms with Crippen molar-refractivity contribution in [2.45, 2.75) is 51.1 Å². The molecule has 1 aliphatic heterocycles. The van der Waals surface area contributed by atoms with Crippen LogP contribution in [0.1, 0.15) is 43.2 Å². The SMILES string of the molecule is COc1ccc2nccc(CCC3CCC(NCc4ccc5c(c4)OCCO5)CC3)c2c1. The van der Waals surface area contributed by atoms with Gasteiger partial charge >= 0.3 is 0 Å². The summed E-state index contributed by atoms with van der Waals surface area (Å²) in [6, 6.07) is 15.2. The maximum atomic E-state index is 5.71. The first kappa shape index (κ1) is 21.1. The Labute approximate surface area is 190 Å². The van der Waals surface area contributed by atoms with E-state index in [9.17, 15) is 0 Å². The lowest BCUT2D eigenvalue weighted by atomic mass is 9.82. The van der Waals surface area contributed by atoms with Gasteiger partial charge in [-0.05, 0) is 92.0 Å². The molecular weight excluding hydrogens is 400 g/mol. The number of pyridine rings is 1. The number of hydrogen-bond donors (Lipinski definition) is 1. The van der Waals surface area contributed by atoms with Crippen LogP contribution in [0.15, 0.2) is 48.7 Å². The van der Waals surface area contributed by atoms with Crippen molar-refractivity contribution in [1.82, 2.24) is 10.3 Å². The topological polar surface area (TPSA) is 52.6 Å². The lowest BCUT2D eigenvalue weighted by Gasteiger charge is -2.29. The van der Waals surface area contributed by atoms with Gasteiger partial charge in [0.15, 0.2) is 11.5 Å². The normalized spacial score (nSPS) is 20.3. The van der Waals surface area contributed by atoms with Crippen LogP contribution in [0.25, 0.3) is 10.9 Å². The largest absolute Gasteiger partial charge is 0.497 e. The van der Waals surface area contributed by atoms with Crippen molar-refractivity contribution in [2.75, 3.05) is 20.3 Å². The summed E-state index contributed by atoms with van der Waals surface area (Å²) in [6.45, 7) is 2.16. The molecule has 5 nitrogen and oxygen atoms in total. The van der Waals surface area contributed by atoms with Gasteiger partial charge in [-0.2, -0.15) is 0 Å². The Bertz CT molecular complexity index is 1060. The third kappa shape index (κ3) is 4.83. The van der Waals surface area contributed by atoms with E-state index in [2.05, 4.69) is 40.6 Å². The van der Waals surface area contributed by atoms with Crippen molar-refractivity contribution in [3.05, 3.63) is 59.8 Å². The zero-order valence-electron chi connectivity index (χ0n) is 18.8. The minimum absolute atomic E-state index is 0.602. The fourth-order valence-corrected chi connectivity index (χ4v) is 5.00. The summed E-state index contributed by atoms with van der Waals surface area (Å²) in [5.74, 6) is 3.44. The van der Waals surface area contributed by atoms with Gasteiger partial charge in [0.1, 0.15) is 19.0 Å². The van der Waals surface area contributed by atoms with Crippen molar-refractivity contribution in [3.63, 3.8) is 0 Å². The van der Waals surface area contributed by atoms with Crippen molar-refractivity contribution in [2.24, 2.45) is 5.92 Å². The lowest BCUT2D eigenvalue weighted by Crippen LogP contribution is -2.32. The molecule has 2 aliphatic rings. The van der Waals surface area contributed by atoms with Crippen LogP contribution >= 0.6 is 0 Å². The first-order valence-corrected chi connectivity index (χ1v) is 11.8. The van der Waals surface area contributed by atoms with E-state index in [1.54, 1.807) is 7.11 Å². The van der Waals surface area contributed by atoms with Crippen molar-refractivity contribution in [1.29, 1.82) is 0 Å². The number of methoxy groups -OCH3 is 1. The minimum Gasteiger partial charge on any atom is -0.497 e. The molecule has 2 heterocycles. The molecular formula is C27H32N2O3. The van der Waals surface area contributed by atoms with E-state index < -0.39 is 0 Å². The monoisotopic (exact) mass is 432 g/mol. The second-order valence-corrected chi connectivity index (χ2v) is 8.97. The highest BCUT2D eigenvalue weighted by Gasteiger charge is 2.21. The van der Waals surface area contributed by atoms with Crippen LogP contribution in [0.5, 0.6) is 17.2 Å². The Kier molecular flexibility index (Phi) is 6.44. The fraction of sp³-hybridized carbons (Fsp3) is 0.444. The summed E-state index contributed by atoms with van der Waals surface area (Å²) >= 11 is 0. The highest BCUT2D eigenvalue weighted by atomic mass is 16.6. The minimum atomic E-state index is 0.602. The zero-order chi connectivity index (χ0) is 21.8. The van der Waals surface area contributed by atoms with E-state index in [0.29, 0.717) is 19.3 Å². The second kappa shape index (κ2) is 9.78. The smallest absolute Gasteiger partial charge is 0.161 e. The summed E-state index contributed by atoms with van der Waals surface area (Å²) < 4.78 is 16.7. The van der Waals surface area contributed by atoms with Gasteiger partial charge in [-0.3, -0.25) is 4.98 Å². The fourth-order valence-electron chi connectivity index (χ4n) is 5.00. The van der Waals surface area contributed by atoms with Crippen LogP contribution in [0.3, 0.4) is 0 Å². The number of hydrogen-bond acceptors (Lipinski definition) is 5. The van der Waals surface area contributed by atoms with Crippen LogP contribution < -0.4 is 19.5 Å².